The maximum Gasteiger partial charge on any atom is 0.220 e. The predicted octanol–water partition coefficient (Wildman–Crippen LogP) is 2.63. The summed E-state index contributed by atoms with van der Waals surface area (Å²) in [6, 6.07) is 0. The molecule has 68 valence electrons. The standard InChI is InChI=1S/C6H12Cl3NO/c1-5(2,6(7,8)9)11-10(3)4/h1-4H3. The molecule has 0 aromatic carbocycles. The van der Waals surface area contributed by atoms with Crippen LogP contribution in [0.3, 0.4) is 0 Å². The number of hydroxylamine groups is 2. The van der Waals surface area contributed by atoms with Crippen molar-refractivity contribution in [2.45, 2.75) is 23.2 Å². The first-order valence-corrected chi connectivity index (χ1v) is 4.23. The average Bonchev–Trinajstić information content (AvgIpc) is 1.56. The molecular formula is C6H12Cl3NO. The van der Waals surface area contributed by atoms with Gasteiger partial charge in [-0.2, -0.15) is 5.06 Å². The summed E-state index contributed by atoms with van der Waals surface area (Å²) in [6.45, 7) is 3.42. The van der Waals surface area contributed by atoms with Crippen molar-refractivity contribution in [3.05, 3.63) is 0 Å². The lowest BCUT2D eigenvalue weighted by molar-refractivity contribution is -0.204. The molecule has 0 saturated heterocycles. The molecular weight excluding hydrogens is 208 g/mol. The first-order chi connectivity index (χ1) is 4.67. The Balaban J connectivity index is 4.22. The van der Waals surface area contributed by atoms with E-state index in [4.69, 9.17) is 39.6 Å². The van der Waals surface area contributed by atoms with Crippen molar-refractivity contribution < 1.29 is 4.84 Å². The Kier molecular flexibility index (Phi) is 3.93. The molecule has 0 unspecified atom stereocenters. The maximum absolute atomic E-state index is 5.65. The number of halogens is 3. The summed E-state index contributed by atoms with van der Waals surface area (Å²) < 4.78 is -1.42. The van der Waals surface area contributed by atoms with Crippen molar-refractivity contribution in [1.82, 2.24) is 5.06 Å². The van der Waals surface area contributed by atoms with Crippen molar-refractivity contribution in [3.63, 3.8) is 0 Å². The van der Waals surface area contributed by atoms with E-state index in [1.165, 1.54) is 5.06 Å². The number of hydrogen-bond donors (Lipinski definition) is 0. The predicted molar refractivity (Wildman–Crippen MR) is 49.1 cm³/mol. The van der Waals surface area contributed by atoms with Crippen LogP contribution in [0.25, 0.3) is 0 Å². The van der Waals surface area contributed by atoms with Crippen molar-refractivity contribution in [1.29, 1.82) is 0 Å². The van der Waals surface area contributed by atoms with E-state index in [1.807, 2.05) is 0 Å². The fourth-order valence-electron chi connectivity index (χ4n) is 0.508. The molecule has 0 aliphatic rings. The van der Waals surface area contributed by atoms with E-state index >= 15 is 0 Å². The second-order valence-electron chi connectivity index (χ2n) is 2.91. The van der Waals surface area contributed by atoms with Gasteiger partial charge in [-0.05, 0) is 13.8 Å². The molecule has 0 aromatic heterocycles. The number of alkyl halides is 3. The quantitative estimate of drug-likeness (QED) is 0.524. The van der Waals surface area contributed by atoms with Crippen LogP contribution in [0.5, 0.6) is 0 Å². The van der Waals surface area contributed by atoms with Crippen LogP contribution in [0.1, 0.15) is 13.8 Å². The third kappa shape index (κ3) is 3.81. The minimum atomic E-state index is -1.42. The van der Waals surface area contributed by atoms with Crippen molar-refractivity contribution in [3.8, 4) is 0 Å². The summed E-state index contributed by atoms with van der Waals surface area (Å²) in [5.41, 5.74) is -0.818. The summed E-state index contributed by atoms with van der Waals surface area (Å²) in [7, 11) is 3.47. The molecule has 5 heteroatoms. The van der Waals surface area contributed by atoms with Gasteiger partial charge in [0.05, 0.1) is 0 Å². The van der Waals surface area contributed by atoms with E-state index < -0.39 is 9.39 Å². The third-order valence-corrected chi connectivity index (χ3v) is 2.46. The van der Waals surface area contributed by atoms with Gasteiger partial charge >= 0.3 is 0 Å². The summed E-state index contributed by atoms with van der Waals surface area (Å²) in [5, 5.41) is 1.50. The normalized spacial score (nSPS) is 14.2. The van der Waals surface area contributed by atoms with Gasteiger partial charge in [0.2, 0.25) is 3.79 Å². The fourth-order valence-corrected chi connectivity index (χ4v) is 0.612. The monoisotopic (exact) mass is 219 g/mol. The molecule has 0 spiro atoms. The molecule has 0 saturated carbocycles. The first-order valence-electron chi connectivity index (χ1n) is 3.10. The molecule has 0 atom stereocenters. The van der Waals surface area contributed by atoms with Crippen LogP contribution in [-0.4, -0.2) is 28.6 Å². The van der Waals surface area contributed by atoms with Crippen molar-refractivity contribution in [2.24, 2.45) is 0 Å². The lowest BCUT2D eigenvalue weighted by Crippen LogP contribution is -2.43. The molecule has 0 radical (unpaired) electrons. The van der Waals surface area contributed by atoms with Crippen molar-refractivity contribution in [2.75, 3.05) is 14.1 Å². The molecule has 11 heavy (non-hydrogen) atoms. The minimum Gasteiger partial charge on any atom is -0.289 e. The van der Waals surface area contributed by atoms with Gasteiger partial charge in [0.25, 0.3) is 0 Å². The average molecular weight is 221 g/mol. The highest BCUT2D eigenvalue weighted by molar-refractivity contribution is 6.68. The van der Waals surface area contributed by atoms with Gasteiger partial charge in [-0.1, -0.05) is 34.8 Å². The highest BCUT2D eigenvalue weighted by atomic mass is 35.6. The van der Waals surface area contributed by atoms with Crippen LogP contribution in [0.2, 0.25) is 0 Å². The Bertz CT molecular complexity index is 130. The largest absolute Gasteiger partial charge is 0.289 e. The Morgan fingerprint density at radius 2 is 1.45 bits per heavy atom. The van der Waals surface area contributed by atoms with Crippen LogP contribution in [-0.2, 0) is 4.84 Å². The first kappa shape index (κ1) is 11.8. The van der Waals surface area contributed by atoms with E-state index in [0.717, 1.165) is 0 Å². The summed E-state index contributed by atoms with van der Waals surface area (Å²) >= 11 is 16.9. The van der Waals surface area contributed by atoms with Gasteiger partial charge in [0.15, 0.2) is 0 Å². The summed E-state index contributed by atoms with van der Waals surface area (Å²) in [4.78, 5) is 5.24. The minimum absolute atomic E-state index is 0.818. The molecule has 2 nitrogen and oxygen atoms in total. The number of nitrogens with zero attached hydrogens (tertiary/aromatic N) is 1. The van der Waals surface area contributed by atoms with Crippen LogP contribution in [0.4, 0.5) is 0 Å². The molecule has 0 bridgehead atoms. The van der Waals surface area contributed by atoms with Gasteiger partial charge in [-0.3, -0.25) is 4.84 Å². The van der Waals surface area contributed by atoms with Crippen LogP contribution < -0.4 is 0 Å². The van der Waals surface area contributed by atoms with E-state index in [9.17, 15) is 0 Å². The van der Waals surface area contributed by atoms with Gasteiger partial charge in [0, 0.05) is 14.1 Å². The maximum atomic E-state index is 5.65. The topological polar surface area (TPSA) is 12.5 Å². The smallest absolute Gasteiger partial charge is 0.220 e. The molecule has 0 fully saturated rings. The van der Waals surface area contributed by atoms with Gasteiger partial charge in [-0.25, -0.2) is 0 Å². The van der Waals surface area contributed by atoms with E-state index in [2.05, 4.69) is 0 Å². The lowest BCUT2D eigenvalue weighted by atomic mass is 10.2. The van der Waals surface area contributed by atoms with Crippen molar-refractivity contribution >= 4 is 34.8 Å². The van der Waals surface area contributed by atoms with Crippen LogP contribution >= 0.6 is 34.8 Å². The molecule has 0 aromatic rings. The number of rotatable bonds is 2. The third-order valence-electron chi connectivity index (χ3n) is 1.09. The molecule has 0 N–H and O–H groups in total. The highest BCUT2D eigenvalue weighted by Gasteiger charge is 2.42. The molecule has 0 aliphatic heterocycles. The fraction of sp³-hybridized carbons (Fsp3) is 1.00. The number of hydrogen-bond acceptors (Lipinski definition) is 2. The van der Waals surface area contributed by atoms with Crippen LogP contribution in [0.15, 0.2) is 0 Å². The molecule has 0 aliphatic carbocycles. The highest BCUT2D eigenvalue weighted by Crippen LogP contribution is 2.40. The Morgan fingerprint density at radius 1 is 1.09 bits per heavy atom. The van der Waals surface area contributed by atoms with E-state index in [0.29, 0.717) is 0 Å². The van der Waals surface area contributed by atoms with Gasteiger partial charge in [-0.15, -0.1) is 0 Å². The van der Waals surface area contributed by atoms with Crippen LogP contribution in [0, 0.1) is 0 Å². The van der Waals surface area contributed by atoms with E-state index in [1.54, 1.807) is 27.9 Å². The van der Waals surface area contributed by atoms with Gasteiger partial charge < -0.3 is 0 Å². The Morgan fingerprint density at radius 3 is 1.55 bits per heavy atom. The molecule has 0 amide bonds. The second kappa shape index (κ2) is 3.67. The van der Waals surface area contributed by atoms with E-state index in [-0.39, 0.29) is 0 Å². The Labute approximate surface area is 82.3 Å². The summed E-state index contributed by atoms with van der Waals surface area (Å²) in [5.74, 6) is 0. The zero-order valence-electron chi connectivity index (χ0n) is 6.99. The Hall–Kier alpha value is 0.790. The SMILES string of the molecule is CN(C)OC(C)(C)C(Cl)(Cl)Cl. The second-order valence-corrected chi connectivity index (χ2v) is 5.19. The summed E-state index contributed by atoms with van der Waals surface area (Å²) in [6.07, 6.45) is 0. The zero-order chi connectivity index (χ0) is 9.28. The zero-order valence-corrected chi connectivity index (χ0v) is 9.26. The lowest BCUT2D eigenvalue weighted by Gasteiger charge is -2.34. The van der Waals surface area contributed by atoms with Gasteiger partial charge in [0.1, 0.15) is 5.60 Å². The molecule has 0 rings (SSSR count). The molecule has 0 heterocycles.